The number of aliphatic hydroxyl groups excluding tert-OH is 1. The Morgan fingerprint density at radius 2 is 1.93 bits per heavy atom. The predicted molar refractivity (Wildman–Crippen MR) is 102 cm³/mol. The number of allylic oxidation sites excluding steroid dienone is 1. The fraction of sp³-hybridized carbons (Fsp3) is 0.190. The van der Waals surface area contributed by atoms with Crippen LogP contribution in [-0.2, 0) is 9.53 Å². The van der Waals surface area contributed by atoms with E-state index in [2.05, 4.69) is 9.97 Å². The molecule has 136 valence electrons. The zero-order chi connectivity index (χ0) is 19.2. The van der Waals surface area contributed by atoms with Crippen LogP contribution < -0.4 is 0 Å². The summed E-state index contributed by atoms with van der Waals surface area (Å²) in [5.74, 6) is -0.969. The zero-order valence-electron chi connectivity index (χ0n) is 14.8. The van der Waals surface area contributed by atoms with Crippen LogP contribution in [0.15, 0.2) is 60.4 Å². The number of rotatable bonds is 6. The van der Waals surface area contributed by atoms with Crippen LogP contribution in [0.25, 0.3) is 16.6 Å². The van der Waals surface area contributed by atoms with Crippen molar-refractivity contribution in [1.82, 2.24) is 9.97 Å². The number of nitrogens with zero attached hydrogens (tertiary/aromatic N) is 2. The predicted octanol–water partition coefficient (Wildman–Crippen LogP) is 4.09. The minimum absolute atomic E-state index is 0.0493. The van der Waals surface area contributed by atoms with Crippen molar-refractivity contribution < 1.29 is 14.6 Å². The third-order valence-electron chi connectivity index (χ3n) is 4.27. The quantitative estimate of drug-likeness (QED) is 0.391. The molecule has 0 spiro atoms. The summed E-state index contributed by atoms with van der Waals surface area (Å²) >= 11 is 0. The van der Waals surface area contributed by atoms with E-state index in [9.17, 15) is 15.2 Å². The Labute approximate surface area is 156 Å². The van der Waals surface area contributed by atoms with Crippen LogP contribution >= 0.6 is 0 Å². The molecule has 1 aromatic heterocycles. The van der Waals surface area contributed by atoms with E-state index in [4.69, 9.17) is 4.74 Å². The van der Waals surface area contributed by atoms with Crippen molar-refractivity contribution in [3.8, 4) is 6.07 Å². The number of para-hydroxylation sites is 2. The van der Waals surface area contributed by atoms with E-state index in [1.807, 2.05) is 61.5 Å². The molecule has 27 heavy (non-hydrogen) atoms. The fourth-order valence-electron chi connectivity index (χ4n) is 2.86. The first kappa shape index (κ1) is 18.2. The number of nitriles is 1. The molecule has 6 heteroatoms. The van der Waals surface area contributed by atoms with Crippen molar-refractivity contribution in [3.05, 3.63) is 71.7 Å². The first-order valence-corrected chi connectivity index (χ1v) is 8.63. The molecule has 0 aliphatic carbocycles. The molecule has 1 heterocycles. The Kier molecular flexibility index (Phi) is 5.53. The van der Waals surface area contributed by atoms with Gasteiger partial charge in [-0.2, -0.15) is 5.26 Å². The zero-order valence-corrected chi connectivity index (χ0v) is 14.8. The summed E-state index contributed by atoms with van der Waals surface area (Å²) in [4.78, 5) is 19.7. The monoisotopic (exact) mass is 361 g/mol. The molecule has 3 aromatic rings. The van der Waals surface area contributed by atoms with E-state index in [-0.39, 0.29) is 23.8 Å². The summed E-state index contributed by atoms with van der Waals surface area (Å²) in [5.41, 5.74) is 2.23. The average Bonchev–Trinajstić information content (AvgIpc) is 3.12. The number of imidazole rings is 1. The number of aliphatic hydroxyl groups is 1. The molecule has 1 atom stereocenters. The first-order chi connectivity index (χ1) is 13.1. The van der Waals surface area contributed by atoms with Crippen LogP contribution in [0.5, 0.6) is 0 Å². The standard InChI is InChI=1S/C21H19N3O3/c1-2-15(14-8-4-3-5-9-14)21(26)27-13-19(25)16(12-22)20-23-17-10-6-7-11-18(17)24-20/h3-11,15,25H,2,13H2,1H3,(H,23,24)/b19-16-. The number of hydrogen-bond donors (Lipinski definition) is 2. The summed E-state index contributed by atoms with van der Waals surface area (Å²) < 4.78 is 5.25. The second-order valence-electron chi connectivity index (χ2n) is 6.02. The molecular weight excluding hydrogens is 342 g/mol. The maximum absolute atomic E-state index is 12.4. The maximum atomic E-state index is 12.4. The summed E-state index contributed by atoms with van der Waals surface area (Å²) in [7, 11) is 0. The minimum atomic E-state index is -0.447. The fourth-order valence-corrected chi connectivity index (χ4v) is 2.86. The van der Waals surface area contributed by atoms with Crippen LogP contribution in [0.2, 0.25) is 0 Å². The van der Waals surface area contributed by atoms with E-state index >= 15 is 0 Å². The molecule has 6 nitrogen and oxygen atoms in total. The highest BCUT2D eigenvalue weighted by Crippen LogP contribution is 2.22. The second-order valence-corrected chi connectivity index (χ2v) is 6.02. The normalized spacial score (nSPS) is 12.9. The van der Waals surface area contributed by atoms with Gasteiger partial charge < -0.3 is 14.8 Å². The molecule has 0 amide bonds. The van der Waals surface area contributed by atoms with Gasteiger partial charge in [0.25, 0.3) is 0 Å². The van der Waals surface area contributed by atoms with Gasteiger partial charge in [-0.1, -0.05) is 49.4 Å². The van der Waals surface area contributed by atoms with Crippen molar-refractivity contribution in [1.29, 1.82) is 5.26 Å². The third kappa shape index (κ3) is 3.98. The number of nitrogens with one attached hydrogen (secondary N) is 1. The van der Waals surface area contributed by atoms with Gasteiger partial charge in [-0.25, -0.2) is 4.98 Å². The topological polar surface area (TPSA) is 99.0 Å². The molecule has 0 bridgehead atoms. The van der Waals surface area contributed by atoms with Gasteiger partial charge in [0.1, 0.15) is 18.2 Å². The summed E-state index contributed by atoms with van der Waals surface area (Å²) in [6.07, 6.45) is 0.571. The molecular formula is C21H19N3O3. The Hall–Kier alpha value is -3.59. The summed E-state index contributed by atoms with van der Waals surface area (Å²) in [6.45, 7) is 1.51. The number of hydrogen-bond acceptors (Lipinski definition) is 5. The van der Waals surface area contributed by atoms with Gasteiger partial charge in [-0.15, -0.1) is 0 Å². The van der Waals surface area contributed by atoms with Gasteiger partial charge in [-0.3, -0.25) is 4.79 Å². The Bertz CT molecular complexity index is 983. The highest BCUT2D eigenvalue weighted by molar-refractivity contribution is 5.83. The molecule has 0 fully saturated rings. The number of carbonyl (C=O) groups is 1. The largest absolute Gasteiger partial charge is 0.507 e. The summed E-state index contributed by atoms with van der Waals surface area (Å²) in [6, 6.07) is 18.5. The van der Waals surface area contributed by atoms with E-state index in [1.54, 1.807) is 6.07 Å². The van der Waals surface area contributed by atoms with Gasteiger partial charge in [-0.05, 0) is 24.1 Å². The molecule has 0 aliphatic heterocycles. The molecule has 0 saturated carbocycles. The van der Waals surface area contributed by atoms with Gasteiger partial charge in [0.15, 0.2) is 11.6 Å². The van der Waals surface area contributed by atoms with Crippen LogP contribution in [0.1, 0.15) is 30.7 Å². The molecule has 2 aromatic carbocycles. The lowest BCUT2D eigenvalue weighted by molar-refractivity contribution is -0.145. The molecule has 2 N–H and O–H groups in total. The number of esters is 1. The van der Waals surface area contributed by atoms with Gasteiger partial charge in [0.2, 0.25) is 0 Å². The molecule has 0 aliphatic rings. The van der Waals surface area contributed by atoms with Crippen molar-refractivity contribution >= 4 is 22.6 Å². The maximum Gasteiger partial charge on any atom is 0.313 e. The van der Waals surface area contributed by atoms with Gasteiger partial charge in [0, 0.05) is 0 Å². The van der Waals surface area contributed by atoms with Crippen LogP contribution in [0, 0.1) is 11.3 Å². The van der Waals surface area contributed by atoms with Gasteiger partial charge in [0.05, 0.1) is 17.0 Å². The third-order valence-corrected chi connectivity index (χ3v) is 4.27. The number of H-pyrrole nitrogens is 1. The number of ether oxygens (including phenoxy) is 1. The second kappa shape index (κ2) is 8.19. The smallest absolute Gasteiger partial charge is 0.313 e. The van der Waals surface area contributed by atoms with Crippen LogP contribution in [0.4, 0.5) is 0 Å². The minimum Gasteiger partial charge on any atom is -0.507 e. The van der Waals surface area contributed by atoms with Crippen LogP contribution in [-0.4, -0.2) is 27.7 Å². The van der Waals surface area contributed by atoms with E-state index in [0.29, 0.717) is 11.9 Å². The lowest BCUT2D eigenvalue weighted by Crippen LogP contribution is -2.17. The highest BCUT2D eigenvalue weighted by Gasteiger charge is 2.21. The van der Waals surface area contributed by atoms with Crippen LogP contribution in [0.3, 0.4) is 0 Å². The lowest BCUT2D eigenvalue weighted by Gasteiger charge is -2.14. The SMILES string of the molecule is CCC(C(=O)OC/C(O)=C(\C#N)c1nc2ccccc2[nH]1)c1ccccc1. The van der Waals surface area contributed by atoms with E-state index in [1.165, 1.54) is 0 Å². The number of aromatic nitrogens is 2. The lowest BCUT2D eigenvalue weighted by atomic mass is 9.97. The van der Waals surface area contributed by atoms with Crippen molar-refractivity contribution in [3.63, 3.8) is 0 Å². The number of fused-ring (bicyclic) bond motifs is 1. The Morgan fingerprint density at radius 3 is 2.59 bits per heavy atom. The molecule has 0 radical (unpaired) electrons. The molecule has 1 unspecified atom stereocenters. The highest BCUT2D eigenvalue weighted by atomic mass is 16.5. The molecule has 0 saturated heterocycles. The van der Waals surface area contributed by atoms with Gasteiger partial charge >= 0.3 is 5.97 Å². The summed E-state index contributed by atoms with van der Waals surface area (Å²) in [5, 5.41) is 19.7. The Morgan fingerprint density at radius 1 is 1.22 bits per heavy atom. The van der Waals surface area contributed by atoms with Crippen molar-refractivity contribution in [2.75, 3.05) is 6.61 Å². The molecule has 3 rings (SSSR count). The van der Waals surface area contributed by atoms with E-state index in [0.717, 1.165) is 11.1 Å². The van der Waals surface area contributed by atoms with E-state index < -0.39 is 11.9 Å². The van der Waals surface area contributed by atoms with Crippen molar-refractivity contribution in [2.45, 2.75) is 19.3 Å². The number of carbonyl (C=O) groups excluding carboxylic acids is 1. The number of benzene rings is 2. The Balaban J connectivity index is 1.76. The number of aromatic amines is 1. The first-order valence-electron chi connectivity index (χ1n) is 8.63. The average molecular weight is 361 g/mol. The van der Waals surface area contributed by atoms with Crippen molar-refractivity contribution in [2.24, 2.45) is 0 Å².